The number of carbonyl (C=O) groups excluding carboxylic acids is 1. The minimum atomic E-state index is -0.490. The van der Waals surface area contributed by atoms with Gasteiger partial charge in [0, 0.05) is 16.8 Å². The third-order valence-corrected chi connectivity index (χ3v) is 3.65. The van der Waals surface area contributed by atoms with Crippen molar-refractivity contribution in [2.24, 2.45) is 0 Å². The van der Waals surface area contributed by atoms with Crippen LogP contribution in [0.5, 0.6) is 5.75 Å². The second kappa shape index (κ2) is 6.62. The fourth-order valence-electron chi connectivity index (χ4n) is 2.53. The summed E-state index contributed by atoms with van der Waals surface area (Å²) in [4.78, 5) is 16.0. The van der Waals surface area contributed by atoms with Crippen LogP contribution in [0.3, 0.4) is 0 Å². The van der Waals surface area contributed by atoms with Gasteiger partial charge in [-0.1, -0.05) is 12.1 Å². The van der Waals surface area contributed by atoms with Gasteiger partial charge in [-0.3, -0.25) is 0 Å². The molecule has 1 aromatic carbocycles. The molecule has 0 fully saturated rings. The average Bonchev–Trinajstić information content (AvgIpc) is 3.07. The van der Waals surface area contributed by atoms with Crippen molar-refractivity contribution < 1.29 is 18.7 Å². The highest BCUT2D eigenvalue weighted by Gasteiger charge is 2.12. The molecule has 0 bridgehead atoms. The van der Waals surface area contributed by atoms with E-state index in [0.717, 1.165) is 28.0 Å². The van der Waals surface area contributed by atoms with E-state index in [1.165, 1.54) is 7.11 Å². The standard InChI is InChI=1S/C18H18N2O4/c1-11-9-14(13-5-4-6-15(22-2)17(13)20-11)19-10-12-7-8-16(24-12)18(21)23-3/h4-9H,10H2,1-3H3,(H,19,20). The van der Waals surface area contributed by atoms with Gasteiger partial charge in [0.15, 0.2) is 0 Å². The van der Waals surface area contributed by atoms with Crippen LogP contribution in [0.15, 0.2) is 40.8 Å². The maximum atomic E-state index is 11.4. The molecule has 0 aliphatic carbocycles. The van der Waals surface area contributed by atoms with E-state index in [4.69, 9.17) is 9.15 Å². The molecule has 0 saturated carbocycles. The van der Waals surface area contributed by atoms with Gasteiger partial charge in [-0.15, -0.1) is 0 Å². The Bertz CT molecular complexity index is 886. The summed E-state index contributed by atoms with van der Waals surface area (Å²) in [5, 5.41) is 4.28. The lowest BCUT2D eigenvalue weighted by atomic mass is 10.1. The van der Waals surface area contributed by atoms with Crippen molar-refractivity contribution in [3.8, 4) is 5.75 Å². The third kappa shape index (κ3) is 3.03. The van der Waals surface area contributed by atoms with Gasteiger partial charge in [-0.05, 0) is 31.2 Å². The van der Waals surface area contributed by atoms with E-state index < -0.39 is 5.97 Å². The van der Waals surface area contributed by atoms with Crippen molar-refractivity contribution in [3.63, 3.8) is 0 Å². The zero-order valence-corrected chi connectivity index (χ0v) is 13.8. The molecule has 0 spiro atoms. The molecule has 6 heteroatoms. The number of carbonyl (C=O) groups is 1. The van der Waals surface area contributed by atoms with Crippen molar-refractivity contribution in [2.45, 2.75) is 13.5 Å². The number of ether oxygens (including phenoxy) is 2. The third-order valence-electron chi connectivity index (χ3n) is 3.65. The lowest BCUT2D eigenvalue weighted by Crippen LogP contribution is -2.02. The van der Waals surface area contributed by atoms with Crippen LogP contribution in [0.1, 0.15) is 22.0 Å². The Morgan fingerprint density at radius 3 is 2.83 bits per heavy atom. The van der Waals surface area contributed by atoms with Gasteiger partial charge in [0.1, 0.15) is 17.0 Å². The number of aromatic nitrogens is 1. The molecule has 0 amide bonds. The second-order valence-electron chi connectivity index (χ2n) is 5.28. The Kier molecular flexibility index (Phi) is 4.37. The highest BCUT2D eigenvalue weighted by Crippen LogP contribution is 2.30. The number of anilines is 1. The smallest absolute Gasteiger partial charge is 0.373 e. The van der Waals surface area contributed by atoms with Crippen LogP contribution in [0, 0.1) is 6.92 Å². The molecule has 3 rings (SSSR count). The number of esters is 1. The number of hydrogen-bond donors (Lipinski definition) is 1. The maximum absolute atomic E-state index is 11.4. The van der Waals surface area contributed by atoms with E-state index in [-0.39, 0.29) is 5.76 Å². The Labute approximate surface area is 139 Å². The summed E-state index contributed by atoms with van der Waals surface area (Å²) in [5.41, 5.74) is 2.61. The number of aryl methyl sites for hydroxylation is 1. The van der Waals surface area contributed by atoms with Crippen molar-refractivity contribution in [1.29, 1.82) is 0 Å². The van der Waals surface area contributed by atoms with Gasteiger partial charge in [0.25, 0.3) is 0 Å². The zero-order valence-electron chi connectivity index (χ0n) is 13.8. The highest BCUT2D eigenvalue weighted by molar-refractivity contribution is 5.95. The predicted molar refractivity (Wildman–Crippen MR) is 90.4 cm³/mol. The highest BCUT2D eigenvalue weighted by atomic mass is 16.5. The Balaban J connectivity index is 1.87. The molecule has 24 heavy (non-hydrogen) atoms. The Morgan fingerprint density at radius 2 is 2.08 bits per heavy atom. The average molecular weight is 326 g/mol. The fraction of sp³-hybridized carbons (Fsp3) is 0.222. The van der Waals surface area contributed by atoms with E-state index in [0.29, 0.717) is 12.3 Å². The molecule has 0 aliphatic heterocycles. The van der Waals surface area contributed by atoms with Gasteiger partial charge >= 0.3 is 5.97 Å². The van der Waals surface area contributed by atoms with Crippen LogP contribution in [0.2, 0.25) is 0 Å². The topological polar surface area (TPSA) is 73.6 Å². The number of hydrogen-bond acceptors (Lipinski definition) is 6. The first-order chi connectivity index (χ1) is 11.6. The maximum Gasteiger partial charge on any atom is 0.373 e. The van der Waals surface area contributed by atoms with Crippen molar-refractivity contribution in [3.05, 3.63) is 53.6 Å². The van der Waals surface area contributed by atoms with E-state index in [2.05, 4.69) is 15.0 Å². The van der Waals surface area contributed by atoms with Crippen LogP contribution in [0.4, 0.5) is 5.69 Å². The van der Waals surface area contributed by atoms with Gasteiger partial charge in [-0.25, -0.2) is 9.78 Å². The molecule has 3 aromatic rings. The number of nitrogens with zero attached hydrogens (tertiary/aromatic N) is 1. The van der Waals surface area contributed by atoms with Crippen LogP contribution < -0.4 is 10.1 Å². The molecule has 6 nitrogen and oxygen atoms in total. The summed E-state index contributed by atoms with van der Waals surface area (Å²) < 4.78 is 15.5. The summed E-state index contributed by atoms with van der Waals surface area (Å²) in [7, 11) is 2.95. The number of nitrogens with one attached hydrogen (secondary N) is 1. The molecule has 124 valence electrons. The van der Waals surface area contributed by atoms with Gasteiger partial charge in [-0.2, -0.15) is 0 Å². The molecule has 2 heterocycles. The lowest BCUT2D eigenvalue weighted by Gasteiger charge is -2.12. The number of methoxy groups -OCH3 is 2. The minimum absolute atomic E-state index is 0.187. The van der Waals surface area contributed by atoms with Gasteiger partial charge in [0.2, 0.25) is 5.76 Å². The van der Waals surface area contributed by atoms with E-state index >= 15 is 0 Å². The molecular formula is C18H18N2O4. The second-order valence-corrected chi connectivity index (χ2v) is 5.28. The van der Waals surface area contributed by atoms with Crippen molar-refractivity contribution >= 4 is 22.6 Å². The number of fused-ring (bicyclic) bond motifs is 1. The van der Waals surface area contributed by atoms with Gasteiger partial charge in [0.05, 0.1) is 20.8 Å². The molecule has 0 atom stereocenters. The monoisotopic (exact) mass is 326 g/mol. The number of benzene rings is 1. The first-order valence-electron chi connectivity index (χ1n) is 7.47. The molecule has 2 aromatic heterocycles. The minimum Gasteiger partial charge on any atom is -0.494 e. The quantitative estimate of drug-likeness (QED) is 0.723. The van der Waals surface area contributed by atoms with E-state index in [1.54, 1.807) is 19.2 Å². The molecule has 0 saturated heterocycles. The SMILES string of the molecule is COC(=O)c1ccc(CNc2cc(C)nc3c(OC)cccc23)o1. The largest absolute Gasteiger partial charge is 0.494 e. The van der Waals surface area contributed by atoms with Crippen molar-refractivity contribution in [1.82, 2.24) is 4.98 Å². The van der Waals surface area contributed by atoms with Crippen LogP contribution >= 0.6 is 0 Å². The first-order valence-corrected chi connectivity index (χ1v) is 7.47. The lowest BCUT2D eigenvalue weighted by molar-refractivity contribution is 0.0563. The number of rotatable bonds is 5. The molecule has 0 aliphatic rings. The number of furan rings is 1. The summed E-state index contributed by atoms with van der Waals surface area (Å²) in [6, 6.07) is 11.1. The zero-order chi connectivity index (χ0) is 17.1. The number of pyridine rings is 1. The predicted octanol–water partition coefficient (Wildman–Crippen LogP) is 3.54. The van der Waals surface area contributed by atoms with Crippen LogP contribution in [-0.2, 0) is 11.3 Å². The summed E-state index contributed by atoms with van der Waals surface area (Å²) in [6.07, 6.45) is 0. The molecule has 0 unspecified atom stereocenters. The number of para-hydroxylation sites is 1. The summed E-state index contributed by atoms with van der Waals surface area (Å²) >= 11 is 0. The molecule has 1 N–H and O–H groups in total. The first kappa shape index (κ1) is 15.9. The molecule has 0 radical (unpaired) electrons. The summed E-state index contributed by atoms with van der Waals surface area (Å²) in [6.45, 7) is 2.37. The normalized spacial score (nSPS) is 10.6. The van der Waals surface area contributed by atoms with E-state index in [1.807, 2.05) is 31.2 Å². The Morgan fingerprint density at radius 1 is 1.25 bits per heavy atom. The Hall–Kier alpha value is -3.02. The van der Waals surface area contributed by atoms with E-state index in [9.17, 15) is 4.79 Å². The van der Waals surface area contributed by atoms with Gasteiger partial charge < -0.3 is 19.2 Å². The summed E-state index contributed by atoms with van der Waals surface area (Å²) in [5.74, 6) is 1.06. The van der Waals surface area contributed by atoms with Crippen molar-refractivity contribution in [2.75, 3.05) is 19.5 Å². The van der Waals surface area contributed by atoms with Crippen LogP contribution in [-0.4, -0.2) is 25.2 Å². The van der Waals surface area contributed by atoms with Crippen LogP contribution in [0.25, 0.3) is 10.9 Å². The fourth-order valence-corrected chi connectivity index (χ4v) is 2.53. The molecular weight excluding hydrogens is 308 g/mol.